The molecule has 0 radical (unpaired) electrons. The zero-order valence-corrected chi connectivity index (χ0v) is 20.9. The number of imidazole rings is 1. The number of anilines is 2. The van der Waals surface area contributed by atoms with Crippen molar-refractivity contribution in [2.24, 2.45) is 0 Å². The summed E-state index contributed by atoms with van der Waals surface area (Å²) in [7, 11) is 0. The Kier molecular flexibility index (Phi) is 7.23. The van der Waals surface area contributed by atoms with Gasteiger partial charge < -0.3 is 24.9 Å². The van der Waals surface area contributed by atoms with Crippen LogP contribution in [0, 0.1) is 10.1 Å². The fourth-order valence-corrected chi connectivity index (χ4v) is 3.79. The van der Waals surface area contributed by atoms with Gasteiger partial charge in [0.2, 0.25) is 5.82 Å². The van der Waals surface area contributed by atoms with Gasteiger partial charge >= 0.3 is 11.7 Å². The molecule has 4 rings (SSSR count). The molecular formula is C26H29N7O4. The highest BCUT2D eigenvalue weighted by Gasteiger charge is 2.23. The SMILES string of the molecule is CC(C)(C)OC(=O)c1cn(CCCNc2ccc([N+](=O)[O-])c(N)n2)cc1-c1ccc(-n2ccnc2)cc1. The van der Waals surface area contributed by atoms with Gasteiger partial charge in [-0.25, -0.2) is 14.8 Å². The molecular weight excluding hydrogens is 474 g/mol. The number of nitro groups is 1. The molecule has 0 aliphatic rings. The monoisotopic (exact) mass is 503 g/mol. The number of aryl methyl sites for hydroxylation is 1. The Balaban J connectivity index is 1.48. The van der Waals surface area contributed by atoms with E-state index in [4.69, 9.17) is 10.5 Å². The quantitative estimate of drug-likeness (QED) is 0.145. The predicted octanol–water partition coefficient (Wildman–Crippen LogP) is 4.68. The lowest BCUT2D eigenvalue weighted by molar-refractivity contribution is -0.384. The Morgan fingerprint density at radius 2 is 1.92 bits per heavy atom. The highest BCUT2D eigenvalue weighted by Crippen LogP contribution is 2.28. The molecule has 192 valence electrons. The Bertz CT molecular complexity index is 1390. The largest absolute Gasteiger partial charge is 0.456 e. The third kappa shape index (κ3) is 6.31. The molecule has 0 saturated carbocycles. The molecule has 0 spiro atoms. The minimum absolute atomic E-state index is 0.133. The molecule has 4 aromatic rings. The topological polar surface area (TPSA) is 143 Å². The summed E-state index contributed by atoms with van der Waals surface area (Å²) in [5.41, 5.74) is 7.94. The van der Waals surface area contributed by atoms with Crippen LogP contribution in [0.3, 0.4) is 0 Å². The number of pyridine rings is 1. The number of nitrogen functional groups attached to an aromatic ring is 1. The lowest BCUT2D eigenvalue weighted by Crippen LogP contribution is -2.24. The van der Waals surface area contributed by atoms with Gasteiger partial charge in [0.25, 0.3) is 0 Å². The summed E-state index contributed by atoms with van der Waals surface area (Å²) >= 11 is 0. The molecule has 11 nitrogen and oxygen atoms in total. The summed E-state index contributed by atoms with van der Waals surface area (Å²) in [5, 5.41) is 14.0. The van der Waals surface area contributed by atoms with Crippen molar-refractivity contribution in [2.45, 2.75) is 39.3 Å². The van der Waals surface area contributed by atoms with E-state index < -0.39 is 10.5 Å². The second kappa shape index (κ2) is 10.5. The molecule has 0 fully saturated rings. The second-order valence-electron chi connectivity index (χ2n) is 9.48. The summed E-state index contributed by atoms with van der Waals surface area (Å²) in [6.07, 6.45) is 9.76. The molecule has 3 heterocycles. The van der Waals surface area contributed by atoms with Gasteiger partial charge in [0, 0.05) is 55.2 Å². The Hall–Kier alpha value is -4.67. The van der Waals surface area contributed by atoms with E-state index in [0.29, 0.717) is 30.9 Å². The molecule has 3 aromatic heterocycles. The van der Waals surface area contributed by atoms with E-state index in [1.54, 1.807) is 18.7 Å². The molecule has 0 aliphatic heterocycles. The zero-order valence-electron chi connectivity index (χ0n) is 20.9. The van der Waals surface area contributed by atoms with Crippen LogP contribution in [0.5, 0.6) is 0 Å². The number of benzene rings is 1. The van der Waals surface area contributed by atoms with Crippen molar-refractivity contribution in [3.63, 3.8) is 0 Å². The summed E-state index contributed by atoms with van der Waals surface area (Å²) in [4.78, 5) is 31.5. The average molecular weight is 504 g/mol. The number of esters is 1. The molecule has 0 aliphatic carbocycles. The highest BCUT2D eigenvalue weighted by molar-refractivity contribution is 5.97. The van der Waals surface area contributed by atoms with Gasteiger partial charge in [-0.3, -0.25) is 10.1 Å². The minimum atomic E-state index is -0.620. The first-order chi connectivity index (χ1) is 17.6. The second-order valence-corrected chi connectivity index (χ2v) is 9.48. The Labute approximate surface area is 214 Å². The van der Waals surface area contributed by atoms with Crippen molar-refractivity contribution in [1.82, 2.24) is 19.1 Å². The third-order valence-corrected chi connectivity index (χ3v) is 5.48. The van der Waals surface area contributed by atoms with Crippen LogP contribution in [-0.4, -0.2) is 42.1 Å². The fraction of sp³-hybridized carbons (Fsp3) is 0.269. The molecule has 11 heteroatoms. The molecule has 0 amide bonds. The first-order valence-corrected chi connectivity index (χ1v) is 11.8. The van der Waals surface area contributed by atoms with Crippen molar-refractivity contribution in [3.8, 4) is 16.8 Å². The van der Waals surface area contributed by atoms with Crippen molar-refractivity contribution < 1.29 is 14.5 Å². The number of nitrogens with two attached hydrogens (primary N) is 1. The van der Waals surface area contributed by atoms with Gasteiger partial charge in [0.15, 0.2) is 0 Å². The van der Waals surface area contributed by atoms with Crippen LogP contribution in [0.1, 0.15) is 37.6 Å². The third-order valence-electron chi connectivity index (χ3n) is 5.48. The van der Waals surface area contributed by atoms with Crippen molar-refractivity contribution in [3.05, 3.63) is 83.2 Å². The van der Waals surface area contributed by atoms with E-state index in [-0.39, 0.29) is 17.5 Å². The predicted molar refractivity (Wildman–Crippen MR) is 141 cm³/mol. The number of carbonyl (C=O) groups excluding carboxylic acids is 1. The summed E-state index contributed by atoms with van der Waals surface area (Å²) in [6.45, 7) is 6.70. The van der Waals surface area contributed by atoms with Gasteiger partial charge in [-0.15, -0.1) is 0 Å². The van der Waals surface area contributed by atoms with Crippen LogP contribution in [0.2, 0.25) is 0 Å². The fourth-order valence-electron chi connectivity index (χ4n) is 3.79. The van der Waals surface area contributed by atoms with E-state index in [2.05, 4.69) is 15.3 Å². The standard InChI is InChI=1S/C26H29N7O4/c1-26(2,3)37-25(34)21-16-31(13-4-11-29-23-10-9-22(33(35)36)24(27)30-23)15-20(21)18-5-7-19(8-6-18)32-14-12-28-17-32/h5-10,12,14-17H,4,11,13H2,1-3H3,(H3,27,29,30). The maximum atomic E-state index is 13.0. The number of rotatable bonds is 9. The van der Waals surface area contributed by atoms with E-state index in [0.717, 1.165) is 16.8 Å². The summed E-state index contributed by atoms with van der Waals surface area (Å²) < 4.78 is 9.52. The normalized spacial score (nSPS) is 11.3. The van der Waals surface area contributed by atoms with Crippen molar-refractivity contribution in [2.75, 3.05) is 17.6 Å². The van der Waals surface area contributed by atoms with Crippen molar-refractivity contribution in [1.29, 1.82) is 0 Å². The molecule has 37 heavy (non-hydrogen) atoms. The summed E-state index contributed by atoms with van der Waals surface area (Å²) in [5.74, 6) is -0.0570. The zero-order chi connectivity index (χ0) is 26.6. The molecule has 0 bridgehead atoms. The van der Waals surface area contributed by atoms with E-state index in [1.807, 2.05) is 66.6 Å². The highest BCUT2D eigenvalue weighted by atomic mass is 16.6. The molecule has 3 N–H and O–H groups in total. The minimum Gasteiger partial charge on any atom is -0.456 e. The number of nitrogens with zero attached hydrogens (tertiary/aromatic N) is 5. The van der Waals surface area contributed by atoms with Crippen LogP contribution in [-0.2, 0) is 11.3 Å². The molecule has 0 saturated heterocycles. The van der Waals surface area contributed by atoms with E-state index >= 15 is 0 Å². The maximum absolute atomic E-state index is 13.0. The number of nitrogens with one attached hydrogen (secondary N) is 1. The lowest BCUT2D eigenvalue weighted by atomic mass is 10.0. The first kappa shape index (κ1) is 25.4. The van der Waals surface area contributed by atoms with Gasteiger partial charge in [-0.2, -0.15) is 0 Å². The van der Waals surface area contributed by atoms with Crippen LogP contribution in [0.25, 0.3) is 16.8 Å². The lowest BCUT2D eigenvalue weighted by Gasteiger charge is -2.19. The molecule has 1 aromatic carbocycles. The maximum Gasteiger partial charge on any atom is 0.340 e. The average Bonchev–Trinajstić information content (AvgIpc) is 3.51. The van der Waals surface area contributed by atoms with Gasteiger partial charge in [-0.05, 0) is 51.0 Å². The summed E-state index contributed by atoms with van der Waals surface area (Å²) in [6, 6.07) is 10.7. The van der Waals surface area contributed by atoms with Crippen LogP contribution in [0.15, 0.2) is 67.5 Å². The van der Waals surface area contributed by atoms with Crippen LogP contribution in [0.4, 0.5) is 17.3 Å². The van der Waals surface area contributed by atoms with Crippen LogP contribution >= 0.6 is 0 Å². The number of carbonyl (C=O) groups is 1. The van der Waals surface area contributed by atoms with Crippen molar-refractivity contribution >= 4 is 23.3 Å². The Morgan fingerprint density at radius 1 is 1.16 bits per heavy atom. The first-order valence-electron chi connectivity index (χ1n) is 11.8. The van der Waals surface area contributed by atoms with Gasteiger partial charge in [-0.1, -0.05) is 12.1 Å². The number of hydrogen-bond acceptors (Lipinski definition) is 8. The van der Waals surface area contributed by atoms with E-state index in [9.17, 15) is 14.9 Å². The molecule has 0 atom stereocenters. The Morgan fingerprint density at radius 3 is 2.54 bits per heavy atom. The number of hydrogen-bond donors (Lipinski definition) is 2. The smallest absolute Gasteiger partial charge is 0.340 e. The van der Waals surface area contributed by atoms with Crippen LogP contribution < -0.4 is 11.1 Å². The van der Waals surface area contributed by atoms with E-state index in [1.165, 1.54) is 12.1 Å². The number of aromatic nitrogens is 4. The van der Waals surface area contributed by atoms with Gasteiger partial charge in [0.05, 0.1) is 16.8 Å². The molecule has 0 unspecified atom stereocenters. The number of ether oxygens (including phenoxy) is 1. The van der Waals surface area contributed by atoms with Gasteiger partial charge in [0.1, 0.15) is 11.4 Å².